The van der Waals surface area contributed by atoms with Crippen LogP contribution in [0.5, 0.6) is 0 Å². The molecule has 0 fully saturated rings. The van der Waals surface area contributed by atoms with Crippen LogP contribution in [0.2, 0.25) is 0 Å². The van der Waals surface area contributed by atoms with E-state index in [-0.39, 0.29) is 5.91 Å². The number of anilines is 1. The first-order valence-electron chi connectivity index (χ1n) is 11.5. The van der Waals surface area contributed by atoms with Crippen LogP contribution in [0.15, 0.2) is 85.1 Å². The van der Waals surface area contributed by atoms with Gasteiger partial charge in [-0.05, 0) is 55.7 Å². The van der Waals surface area contributed by atoms with Gasteiger partial charge in [-0.25, -0.2) is 0 Å². The number of rotatable bonds is 6. The number of carbonyl (C=O) groups is 1. The second kappa shape index (κ2) is 9.02. The number of hydrogen-bond donors (Lipinski definition) is 1. The second-order valence-electron chi connectivity index (χ2n) is 8.86. The van der Waals surface area contributed by atoms with Crippen molar-refractivity contribution in [2.75, 3.05) is 5.32 Å². The zero-order valence-corrected chi connectivity index (χ0v) is 19.7. The molecule has 0 aliphatic rings. The van der Waals surface area contributed by atoms with Crippen LogP contribution in [0.4, 0.5) is 5.82 Å². The maximum atomic E-state index is 13.0. The van der Waals surface area contributed by atoms with Crippen LogP contribution in [-0.4, -0.2) is 20.3 Å². The molecule has 3 aromatic carbocycles. The Labute approximate surface area is 199 Å². The molecular formula is C29H28N4O. The highest BCUT2D eigenvalue weighted by molar-refractivity contribution is 6.06. The van der Waals surface area contributed by atoms with E-state index in [9.17, 15) is 4.79 Å². The summed E-state index contributed by atoms with van der Waals surface area (Å²) in [5.41, 5.74) is 7.83. The number of aryl methyl sites for hydroxylation is 2. The van der Waals surface area contributed by atoms with Crippen LogP contribution >= 0.6 is 0 Å². The third kappa shape index (κ3) is 4.37. The number of hydrogen-bond acceptors (Lipinski definition) is 2. The lowest BCUT2D eigenvalue weighted by Crippen LogP contribution is -2.13. The molecule has 1 N–H and O–H groups in total. The number of nitrogens with zero attached hydrogens (tertiary/aromatic N) is 3. The highest BCUT2D eigenvalue weighted by Gasteiger charge is 2.15. The van der Waals surface area contributed by atoms with Crippen molar-refractivity contribution in [3.63, 3.8) is 0 Å². The smallest absolute Gasteiger partial charge is 0.256 e. The molecular weight excluding hydrogens is 420 g/mol. The first-order valence-corrected chi connectivity index (χ1v) is 11.5. The topological polar surface area (TPSA) is 51.9 Å². The average Bonchev–Trinajstić information content (AvgIpc) is 3.37. The number of amides is 1. The molecule has 0 aliphatic carbocycles. The van der Waals surface area contributed by atoms with E-state index in [0.29, 0.717) is 17.9 Å². The van der Waals surface area contributed by atoms with Gasteiger partial charge >= 0.3 is 0 Å². The fourth-order valence-corrected chi connectivity index (χ4v) is 4.46. The van der Waals surface area contributed by atoms with E-state index in [0.717, 1.165) is 17.4 Å². The molecule has 5 rings (SSSR count). The van der Waals surface area contributed by atoms with Crippen molar-refractivity contribution >= 4 is 22.6 Å². The van der Waals surface area contributed by atoms with Gasteiger partial charge in [-0.1, -0.05) is 60.2 Å². The van der Waals surface area contributed by atoms with Crippen LogP contribution < -0.4 is 5.32 Å². The molecule has 0 aliphatic heterocycles. The zero-order chi connectivity index (χ0) is 23.7. The van der Waals surface area contributed by atoms with E-state index in [1.807, 2.05) is 47.3 Å². The fourth-order valence-electron chi connectivity index (χ4n) is 4.46. The zero-order valence-electron chi connectivity index (χ0n) is 19.7. The molecule has 1 amide bonds. The number of benzene rings is 3. The highest BCUT2D eigenvalue weighted by Crippen LogP contribution is 2.27. The lowest BCUT2D eigenvalue weighted by molar-refractivity contribution is 0.102. The summed E-state index contributed by atoms with van der Waals surface area (Å²) in [6, 6.07) is 26.5. The van der Waals surface area contributed by atoms with Gasteiger partial charge in [0, 0.05) is 41.0 Å². The Morgan fingerprint density at radius 2 is 1.65 bits per heavy atom. The molecule has 170 valence electrons. The molecule has 0 saturated carbocycles. The van der Waals surface area contributed by atoms with Crippen molar-refractivity contribution < 1.29 is 4.79 Å². The number of nitrogens with one attached hydrogen (secondary N) is 1. The first-order chi connectivity index (χ1) is 16.5. The molecule has 0 bridgehead atoms. The van der Waals surface area contributed by atoms with Crippen LogP contribution in [0.1, 0.15) is 38.3 Å². The Hall–Kier alpha value is -4.12. The van der Waals surface area contributed by atoms with Crippen LogP contribution in [-0.2, 0) is 13.1 Å². The number of aromatic nitrogens is 3. The van der Waals surface area contributed by atoms with Gasteiger partial charge in [0.2, 0.25) is 0 Å². The van der Waals surface area contributed by atoms with E-state index >= 15 is 0 Å². The summed E-state index contributed by atoms with van der Waals surface area (Å²) >= 11 is 0. The summed E-state index contributed by atoms with van der Waals surface area (Å²) in [6.45, 7) is 7.80. The molecule has 34 heavy (non-hydrogen) atoms. The van der Waals surface area contributed by atoms with E-state index in [1.165, 1.54) is 27.9 Å². The molecule has 2 heterocycles. The minimum atomic E-state index is -0.157. The average molecular weight is 449 g/mol. The third-order valence-corrected chi connectivity index (χ3v) is 6.39. The summed E-state index contributed by atoms with van der Waals surface area (Å²) in [4.78, 5) is 13.0. The lowest BCUT2D eigenvalue weighted by Gasteiger charge is -2.09. The predicted octanol–water partition coefficient (Wildman–Crippen LogP) is 6.11. The van der Waals surface area contributed by atoms with Crippen LogP contribution in [0.25, 0.3) is 10.9 Å². The molecule has 5 aromatic rings. The first kappa shape index (κ1) is 21.7. The largest absolute Gasteiger partial charge is 0.340 e. The van der Waals surface area contributed by atoms with Crippen molar-refractivity contribution in [1.29, 1.82) is 0 Å². The molecule has 0 saturated heterocycles. The van der Waals surface area contributed by atoms with E-state index in [2.05, 4.69) is 78.2 Å². The van der Waals surface area contributed by atoms with Gasteiger partial charge in [-0.2, -0.15) is 5.10 Å². The van der Waals surface area contributed by atoms with E-state index in [4.69, 9.17) is 0 Å². The minimum Gasteiger partial charge on any atom is -0.340 e. The third-order valence-electron chi connectivity index (χ3n) is 6.39. The molecule has 5 heteroatoms. The Kier molecular flexibility index (Phi) is 5.76. The van der Waals surface area contributed by atoms with Crippen LogP contribution in [0, 0.1) is 20.8 Å². The Morgan fingerprint density at radius 3 is 2.44 bits per heavy atom. The monoisotopic (exact) mass is 448 g/mol. The summed E-state index contributed by atoms with van der Waals surface area (Å²) in [5, 5.41) is 8.57. The fraction of sp³-hybridized carbons (Fsp3) is 0.172. The van der Waals surface area contributed by atoms with Gasteiger partial charge < -0.3 is 9.88 Å². The van der Waals surface area contributed by atoms with Gasteiger partial charge in [-0.3, -0.25) is 9.48 Å². The van der Waals surface area contributed by atoms with E-state index < -0.39 is 0 Å². The lowest BCUT2D eigenvalue weighted by atomic mass is 10.1. The van der Waals surface area contributed by atoms with Gasteiger partial charge in [0.15, 0.2) is 5.82 Å². The summed E-state index contributed by atoms with van der Waals surface area (Å²) in [6.07, 6.45) is 1.89. The number of carbonyl (C=O) groups excluding carboxylic acids is 1. The summed E-state index contributed by atoms with van der Waals surface area (Å²) < 4.78 is 4.15. The molecule has 0 spiro atoms. The maximum Gasteiger partial charge on any atom is 0.256 e. The van der Waals surface area contributed by atoms with Gasteiger partial charge in [-0.15, -0.1) is 0 Å². The quantitative estimate of drug-likeness (QED) is 0.341. The Bertz CT molecular complexity index is 1480. The van der Waals surface area contributed by atoms with Crippen LogP contribution in [0.3, 0.4) is 0 Å². The van der Waals surface area contributed by atoms with Gasteiger partial charge in [0.05, 0.1) is 6.54 Å². The number of fused-ring (bicyclic) bond motifs is 1. The molecule has 2 aromatic heterocycles. The molecule has 0 radical (unpaired) electrons. The molecule has 0 atom stereocenters. The van der Waals surface area contributed by atoms with Crippen molar-refractivity contribution in [3.8, 4) is 0 Å². The minimum absolute atomic E-state index is 0.157. The summed E-state index contributed by atoms with van der Waals surface area (Å²) in [5.74, 6) is 0.392. The standard InChI is InChI=1S/C29H28N4O/c1-20-8-7-11-24(16-20)18-32-15-14-28(31-32)30-29(34)25-12-13-27-26(17-25)21(2)22(3)33(27)19-23-9-5-4-6-10-23/h4-17H,18-19H2,1-3H3,(H,30,31,34). The van der Waals surface area contributed by atoms with Gasteiger partial charge in [0.1, 0.15) is 0 Å². The van der Waals surface area contributed by atoms with E-state index in [1.54, 1.807) is 0 Å². The SMILES string of the molecule is Cc1cccc(Cn2ccc(NC(=O)c3ccc4c(c3)c(C)c(C)n4Cc3ccccc3)n2)c1. The highest BCUT2D eigenvalue weighted by atomic mass is 16.1. The van der Waals surface area contributed by atoms with Gasteiger partial charge in [0.25, 0.3) is 5.91 Å². The van der Waals surface area contributed by atoms with Crippen molar-refractivity contribution in [1.82, 2.24) is 14.3 Å². The Balaban J connectivity index is 1.35. The van der Waals surface area contributed by atoms with Crippen molar-refractivity contribution in [2.45, 2.75) is 33.9 Å². The normalized spacial score (nSPS) is 11.1. The molecule has 0 unspecified atom stereocenters. The Morgan fingerprint density at radius 1 is 0.853 bits per heavy atom. The van der Waals surface area contributed by atoms with Crippen molar-refractivity contribution in [3.05, 3.63) is 119 Å². The predicted molar refractivity (Wildman–Crippen MR) is 137 cm³/mol. The maximum absolute atomic E-state index is 13.0. The molecule has 5 nitrogen and oxygen atoms in total. The second-order valence-corrected chi connectivity index (χ2v) is 8.86. The van der Waals surface area contributed by atoms with Crippen molar-refractivity contribution in [2.24, 2.45) is 0 Å². The summed E-state index contributed by atoms with van der Waals surface area (Å²) in [7, 11) is 0.